The Bertz CT molecular complexity index is 1630. The molecular formula is C32H40ClN7O3. The van der Waals surface area contributed by atoms with Gasteiger partial charge in [0.2, 0.25) is 5.95 Å². The minimum atomic E-state index is -0.259. The first-order valence-electron chi connectivity index (χ1n) is 15.6. The van der Waals surface area contributed by atoms with Gasteiger partial charge < -0.3 is 19.9 Å². The van der Waals surface area contributed by atoms with E-state index in [0.29, 0.717) is 34.8 Å². The van der Waals surface area contributed by atoms with Crippen LogP contribution >= 0.6 is 11.6 Å². The number of halogens is 1. The number of benzene rings is 1. The van der Waals surface area contributed by atoms with Gasteiger partial charge in [0.05, 0.1) is 22.3 Å². The fourth-order valence-electron chi connectivity index (χ4n) is 7.67. The van der Waals surface area contributed by atoms with Gasteiger partial charge in [0.15, 0.2) is 5.78 Å². The first-order valence-corrected chi connectivity index (χ1v) is 16.0. The molecule has 0 amide bonds. The zero-order chi connectivity index (χ0) is 29.8. The van der Waals surface area contributed by atoms with E-state index in [2.05, 4.69) is 32.0 Å². The molecule has 4 aliphatic rings. The summed E-state index contributed by atoms with van der Waals surface area (Å²) in [5.74, 6) is 0.891. The van der Waals surface area contributed by atoms with Gasteiger partial charge >= 0.3 is 0 Å². The summed E-state index contributed by atoms with van der Waals surface area (Å²) in [7, 11) is 2.21. The van der Waals surface area contributed by atoms with Crippen LogP contribution in [-0.2, 0) is 0 Å². The number of fused-ring (bicyclic) bond motifs is 4. The summed E-state index contributed by atoms with van der Waals surface area (Å²) in [6, 6.07) is 4.80. The molecule has 3 fully saturated rings. The maximum atomic E-state index is 13.6. The molecule has 0 bridgehead atoms. The Balaban J connectivity index is 1.16. The number of ketones is 1. The zero-order valence-corrected chi connectivity index (χ0v) is 26.0. The van der Waals surface area contributed by atoms with E-state index in [1.165, 1.54) is 19.8 Å². The highest BCUT2D eigenvalue weighted by molar-refractivity contribution is 6.34. The summed E-state index contributed by atoms with van der Waals surface area (Å²) < 4.78 is 8.04. The smallest absolute Gasteiger partial charge is 0.263 e. The number of piperidine rings is 1. The van der Waals surface area contributed by atoms with Crippen LogP contribution in [-0.4, -0.2) is 88.6 Å². The van der Waals surface area contributed by atoms with E-state index in [9.17, 15) is 9.59 Å². The molecule has 2 saturated heterocycles. The maximum absolute atomic E-state index is 13.6. The number of aryl methyl sites for hydroxylation is 1. The molecule has 3 aliphatic heterocycles. The Morgan fingerprint density at radius 1 is 1.05 bits per heavy atom. The molecule has 1 aromatic carbocycles. The number of pyridine rings is 1. The van der Waals surface area contributed by atoms with Gasteiger partial charge in [0.1, 0.15) is 18.0 Å². The highest BCUT2D eigenvalue weighted by atomic mass is 35.5. The molecule has 7 rings (SSSR count). The SMILES string of the molecule is CC(=O)c1c(C)c2cnc(Nc3cc(Cl)c4c(c3)OC[C@@H]3CN(C5CCN(C)CC5)CCN43)nc2n(C2CCCC2)c1=O. The molecule has 1 atom stereocenters. The second-order valence-corrected chi connectivity index (χ2v) is 13.1. The van der Waals surface area contributed by atoms with E-state index in [4.69, 9.17) is 21.3 Å². The Hall–Kier alpha value is -3.21. The van der Waals surface area contributed by atoms with Crippen LogP contribution in [0.15, 0.2) is 23.1 Å². The van der Waals surface area contributed by atoms with Crippen molar-refractivity contribution < 1.29 is 9.53 Å². The monoisotopic (exact) mass is 605 g/mol. The fourth-order valence-corrected chi connectivity index (χ4v) is 7.99. The molecule has 5 heterocycles. The second-order valence-electron chi connectivity index (χ2n) is 12.7. The highest BCUT2D eigenvalue weighted by Crippen LogP contribution is 2.44. The number of carbonyl (C=O) groups is 1. The Kier molecular flexibility index (Phi) is 7.55. The predicted octanol–water partition coefficient (Wildman–Crippen LogP) is 4.79. The molecule has 3 aromatic rings. The van der Waals surface area contributed by atoms with Crippen molar-refractivity contribution in [2.75, 3.05) is 56.6 Å². The third-order valence-electron chi connectivity index (χ3n) is 9.97. The predicted molar refractivity (Wildman–Crippen MR) is 170 cm³/mol. The largest absolute Gasteiger partial charge is 0.489 e. The summed E-state index contributed by atoms with van der Waals surface area (Å²) >= 11 is 6.93. The van der Waals surface area contributed by atoms with Crippen molar-refractivity contribution in [3.05, 3.63) is 44.8 Å². The number of ether oxygens (including phenoxy) is 1. The zero-order valence-electron chi connectivity index (χ0n) is 25.2. The van der Waals surface area contributed by atoms with Gasteiger partial charge in [-0.05, 0) is 71.3 Å². The number of likely N-dealkylation sites (tertiary alicyclic amines) is 1. The normalized spacial score (nSPS) is 22.0. The standard InChI is InChI=1S/C32H40ClN7O3/c1-19-25-16-34-32(36-30(25)40(23-6-4-5-7-23)31(42)28(19)20(2)41)35-21-14-26(33)29-27(15-21)43-18-24-17-38(12-13-39(24)29)22-8-10-37(3)11-9-22/h14-16,22-24H,4-13,17-18H2,1-3H3,(H,34,35,36)/t24-/m0/s1. The van der Waals surface area contributed by atoms with Crippen molar-refractivity contribution in [3.8, 4) is 5.75 Å². The highest BCUT2D eigenvalue weighted by Gasteiger charge is 2.37. The molecule has 0 unspecified atom stereocenters. The van der Waals surface area contributed by atoms with Crippen LogP contribution in [0.4, 0.5) is 17.3 Å². The van der Waals surface area contributed by atoms with Gasteiger partial charge in [-0.2, -0.15) is 4.98 Å². The molecule has 10 nitrogen and oxygen atoms in total. The third kappa shape index (κ3) is 5.17. The third-order valence-corrected chi connectivity index (χ3v) is 10.3. The topological polar surface area (TPSA) is 95.8 Å². The molecule has 0 radical (unpaired) electrons. The average molecular weight is 606 g/mol. The van der Waals surface area contributed by atoms with Gasteiger partial charge in [-0.25, -0.2) is 4.98 Å². The number of anilines is 3. The number of rotatable bonds is 5. The average Bonchev–Trinajstić information content (AvgIpc) is 3.51. The number of hydrogen-bond donors (Lipinski definition) is 1. The summed E-state index contributed by atoms with van der Waals surface area (Å²) in [6.45, 7) is 9.13. The fraction of sp³-hybridized carbons (Fsp3) is 0.562. The lowest BCUT2D eigenvalue weighted by Crippen LogP contribution is -2.60. The van der Waals surface area contributed by atoms with E-state index in [0.717, 1.165) is 80.9 Å². The summed E-state index contributed by atoms with van der Waals surface area (Å²) in [5.41, 5.74) is 2.83. The van der Waals surface area contributed by atoms with Crippen LogP contribution in [0.3, 0.4) is 0 Å². The first kappa shape index (κ1) is 28.6. The maximum Gasteiger partial charge on any atom is 0.263 e. The minimum Gasteiger partial charge on any atom is -0.489 e. The van der Waals surface area contributed by atoms with E-state index in [1.807, 2.05) is 12.1 Å². The number of carbonyl (C=O) groups excluding carboxylic acids is 1. The molecule has 1 N–H and O–H groups in total. The van der Waals surface area contributed by atoms with Crippen LogP contribution in [0.1, 0.15) is 67.4 Å². The quantitative estimate of drug-likeness (QED) is 0.412. The van der Waals surface area contributed by atoms with E-state index < -0.39 is 0 Å². The summed E-state index contributed by atoms with van der Waals surface area (Å²) in [4.78, 5) is 42.9. The Labute approximate surface area is 257 Å². The number of piperazine rings is 1. The van der Waals surface area contributed by atoms with Gasteiger partial charge in [-0.1, -0.05) is 24.4 Å². The minimum absolute atomic E-state index is 0.0240. The molecule has 1 saturated carbocycles. The molecule has 1 aliphatic carbocycles. The van der Waals surface area contributed by atoms with Crippen molar-refractivity contribution in [2.24, 2.45) is 0 Å². The Morgan fingerprint density at radius 3 is 2.56 bits per heavy atom. The molecule has 2 aromatic heterocycles. The molecule has 11 heteroatoms. The van der Waals surface area contributed by atoms with Gasteiger partial charge in [-0.15, -0.1) is 0 Å². The lowest BCUT2D eigenvalue weighted by molar-refractivity contribution is 0.0868. The molecular weight excluding hydrogens is 566 g/mol. The summed E-state index contributed by atoms with van der Waals surface area (Å²) in [6.07, 6.45) is 8.06. The van der Waals surface area contributed by atoms with E-state index >= 15 is 0 Å². The van der Waals surface area contributed by atoms with E-state index in [1.54, 1.807) is 17.7 Å². The summed E-state index contributed by atoms with van der Waals surface area (Å²) in [5, 5.41) is 4.66. The van der Waals surface area contributed by atoms with Crippen LogP contribution in [0.2, 0.25) is 5.02 Å². The number of nitrogens with zero attached hydrogens (tertiary/aromatic N) is 6. The number of Topliss-reactive ketones (excluding diaryl/α,β-unsaturated/α-hetero) is 1. The van der Waals surface area contributed by atoms with Gasteiger partial charge in [-0.3, -0.25) is 19.1 Å². The van der Waals surface area contributed by atoms with Gasteiger partial charge in [0, 0.05) is 55.1 Å². The van der Waals surface area contributed by atoms with E-state index in [-0.39, 0.29) is 29.0 Å². The number of hydrogen-bond acceptors (Lipinski definition) is 9. The lowest BCUT2D eigenvalue weighted by atomic mass is 10.00. The second kappa shape index (κ2) is 11.4. The van der Waals surface area contributed by atoms with Crippen molar-refractivity contribution in [3.63, 3.8) is 0 Å². The molecule has 43 heavy (non-hydrogen) atoms. The van der Waals surface area contributed by atoms with Crippen molar-refractivity contribution in [1.82, 2.24) is 24.3 Å². The van der Waals surface area contributed by atoms with Crippen molar-refractivity contribution >= 4 is 45.7 Å². The van der Waals surface area contributed by atoms with Crippen molar-refractivity contribution in [1.29, 1.82) is 0 Å². The first-order chi connectivity index (χ1) is 20.8. The van der Waals surface area contributed by atoms with Gasteiger partial charge in [0.25, 0.3) is 5.56 Å². The van der Waals surface area contributed by atoms with Crippen LogP contribution < -0.4 is 20.5 Å². The van der Waals surface area contributed by atoms with Crippen LogP contribution in [0.5, 0.6) is 5.75 Å². The Morgan fingerprint density at radius 2 is 1.81 bits per heavy atom. The van der Waals surface area contributed by atoms with Crippen molar-refractivity contribution in [2.45, 2.75) is 70.5 Å². The molecule has 228 valence electrons. The number of aromatic nitrogens is 3. The molecule has 0 spiro atoms. The number of nitrogens with one attached hydrogen (secondary N) is 1. The van der Waals surface area contributed by atoms with Crippen LogP contribution in [0, 0.1) is 6.92 Å². The van der Waals surface area contributed by atoms with Crippen LogP contribution in [0.25, 0.3) is 11.0 Å². The lowest BCUT2D eigenvalue weighted by Gasteiger charge is -2.49.